The van der Waals surface area contributed by atoms with Crippen LogP contribution in [0.3, 0.4) is 0 Å². The van der Waals surface area contributed by atoms with Gasteiger partial charge in [0.15, 0.2) is 5.58 Å². The summed E-state index contributed by atoms with van der Waals surface area (Å²) in [5.41, 5.74) is 7.00. The number of amides is 1. The second kappa shape index (κ2) is 6.72. The number of carbonyl (C=O) groups is 1. The molecule has 0 fully saturated rings. The number of hydrogen-bond acceptors (Lipinski definition) is 3. The third-order valence-electron chi connectivity index (χ3n) is 4.54. The molecule has 3 aromatic carbocycles. The fourth-order valence-corrected chi connectivity index (χ4v) is 3.16. The van der Waals surface area contributed by atoms with Crippen LogP contribution in [-0.4, -0.2) is 10.9 Å². The molecule has 0 aliphatic carbocycles. The minimum absolute atomic E-state index is 0.127. The van der Waals surface area contributed by atoms with Crippen molar-refractivity contribution in [1.82, 2.24) is 4.98 Å². The Bertz CT molecular complexity index is 1160. The van der Waals surface area contributed by atoms with Crippen molar-refractivity contribution in [2.45, 2.75) is 20.8 Å². The maximum atomic E-state index is 12.6. The van der Waals surface area contributed by atoms with E-state index < -0.39 is 0 Å². The third-order valence-corrected chi connectivity index (χ3v) is 4.54. The Morgan fingerprint density at radius 3 is 2.52 bits per heavy atom. The van der Waals surface area contributed by atoms with E-state index in [2.05, 4.69) is 10.3 Å². The first kappa shape index (κ1) is 17.0. The van der Waals surface area contributed by atoms with E-state index in [1.807, 2.05) is 81.4 Å². The SMILES string of the molecule is Cc1ccc(C(=O)Nc2cccc(-c3nc4cc(C)ccc4o3)c2)c(C)c1. The van der Waals surface area contributed by atoms with Crippen molar-refractivity contribution >= 4 is 22.7 Å². The first-order valence-electron chi connectivity index (χ1n) is 8.86. The smallest absolute Gasteiger partial charge is 0.255 e. The molecule has 1 heterocycles. The molecule has 4 aromatic rings. The van der Waals surface area contributed by atoms with Gasteiger partial charge in [-0.25, -0.2) is 4.98 Å². The van der Waals surface area contributed by atoms with Crippen molar-refractivity contribution < 1.29 is 9.21 Å². The van der Waals surface area contributed by atoms with Crippen molar-refractivity contribution in [3.05, 3.63) is 82.9 Å². The molecule has 0 unspecified atom stereocenters. The summed E-state index contributed by atoms with van der Waals surface area (Å²) in [7, 11) is 0. The summed E-state index contributed by atoms with van der Waals surface area (Å²) in [5, 5.41) is 2.96. The molecule has 0 saturated carbocycles. The third kappa shape index (κ3) is 3.47. The number of benzene rings is 3. The first-order valence-corrected chi connectivity index (χ1v) is 8.86. The van der Waals surface area contributed by atoms with E-state index in [-0.39, 0.29) is 5.91 Å². The van der Waals surface area contributed by atoms with E-state index in [0.717, 1.165) is 33.4 Å². The molecule has 1 amide bonds. The number of carbonyl (C=O) groups excluding carboxylic acids is 1. The van der Waals surface area contributed by atoms with Crippen molar-refractivity contribution in [3.8, 4) is 11.5 Å². The Hall–Kier alpha value is -3.40. The highest BCUT2D eigenvalue weighted by Crippen LogP contribution is 2.27. The fourth-order valence-electron chi connectivity index (χ4n) is 3.16. The maximum absolute atomic E-state index is 12.6. The van der Waals surface area contributed by atoms with Crippen LogP contribution in [0.2, 0.25) is 0 Å². The largest absolute Gasteiger partial charge is 0.436 e. The number of nitrogens with zero attached hydrogens (tertiary/aromatic N) is 1. The monoisotopic (exact) mass is 356 g/mol. The van der Waals surface area contributed by atoms with E-state index in [1.54, 1.807) is 0 Å². The van der Waals surface area contributed by atoms with Gasteiger partial charge in [-0.15, -0.1) is 0 Å². The number of fused-ring (bicyclic) bond motifs is 1. The summed E-state index contributed by atoms with van der Waals surface area (Å²) in [6.45, 7) is 5.98. The van der Waals surface area contributed by atoms with Crippen LogP contribution in [0.1, 0.15) is 27.0 Å². The highest BCUT2D eigenvalue weighted by atomic mass is 16.3. The Kier molecular flexibility index (Phi) is 4.24. The van der Waals surface area contributed by atoms with Gasteiger partial charge in [0.1, 0.15) is 5.52 Å². The van der Waals surface area contributed by atoms with Crippen molar-refractivity contribution in [3.63, 3.8) is 0 Å². The van der Waals surface area contributed by atoms with Gasteiger partial charge in [-0.3, -0.25) is 4.79 Å². The van der Waals surface area contributed by atoms with Crippen molar-refractivity contribution in [2.75, 3.05) is 5.32 Å². The summed E-state index contributed by atoms with van der Waals surface area (Å²) >= 11 is 0. The zero-order valence-electron chi connectivity index (χ0n) is 15.5. The number of nitrogens with one attached hydrogen (secondary N) is 1. The number of anilines is 1. The predicted octanol–water partition coefficient (Wildman–Crippen LogP) is 5.67. The normalized spacial score (nSPS) is 10.9. The molecular formula is C23H20N2O2. The average molecular weight is 356 g/mol. The lowest BCUT2D eigenvalue weighted by molar-refractivity contribution is 0.102. The molecule has 0 radical (unpaired) electrons. The zero-order chi connectivity index (χ0) is 19.0. The highest BCUT2D eigenvalue weighted by Gasteiger charge is 2.12. The van der Waals surface area contributed by atoms with E-state index in [1.165, 1.54) is 0 Å². The van der Waals surface area contributed by atoms with Crippen molar-refractivity contribution in [1.29, 1.82) is 0 Å². The standard InChI is InChI=1S/C23H20N2O2/c1-14-7-9-19(16(3)11-14)22(26)24-18-6-4-5-17(13-18)23-25-20-12-15(2)8-10-21(20)27-23/h4-13H,1-3H3,(H,24,26). The van der Waals surface area contributed by atoms with E-state index in [9.17, 15) is 4.79 Å². The number of oxazole rings is 1. The molecule has 0 saturated heterocycles. The van der Waals surface area contributed by atoms with Crippen LogP contribution < -0.4 is 5.32 Å². The van der Waals surface area contributed by atoms with Crippen LogP contribution in [0.15, 0.2) is 65.1 Å². The second-order valence-corrected chi connectivity index (χ2v) is 6.84. The number of aromatic nitrogens is 1. The van der Waals surface area contributed by atoms with Crippen molar-refractivity contribution in [2.24, 2.45) is 0 Å². The van der Waals surface area contributed by atoms with E-state index >= 15 is 0 Å². The summed E-state index contributed by atoms with van der Waals surface area (Å²) < 4.78 is 5.86. The Morgan fingerprint density at radius 2 is 1.70 bits per heavy atom. The molecule has 0 aliphatic heterocycles. The lowest BCUT2D eigenvalue weighted by Gasteiger charge is -2.09. The summed E-state index contributed by atoms with van der Waals surface area (Å²) in [5.74, 6) is 0.413. The first-order chi connectivity index (χ1) is 13.0. The van der Waals surface area contributed by atoms with Gasteiger partial charge in [-0.2, -0.15) is 0 Å². The minimum atomic E-state index is -0.127. The molecule has 0 aliphatic rings. The Balaban J connectivity index is 1.62. The van der Waals surface area contributed by atoms with Crippen LogP contribution in [0.4, 0.5) is 5.69 Å². The molecule has 27 heavy (non-hydrogen) atoms. The molecule has 1 N–H and O–H groups in total. The number of rotatable bonds is 3. The van der Waals surface area contributed by atoms with Gasteiger partial charge in [0.2, 0.25) is 5.89 Å². The van der Waals surface area contributed by atoms with Gasteiger partial charge >= 0.3 is 0 Å². The lowest BCUT2D eigenvalue weighted by Crippen LogP contribution is -2.13. The number of hydrogen-bond donors (Lipinski definition) is 1. The second-order valence-electron chi connectivity index (χ2n) is 6.84. The summed E-state index contributed by atoms with van der Waals surface area (Å²) in [6.07, 6.45) is 0. The maximum Gasteiger partial charge on any atom is 0.255 e. The van der Waals surface area contributed by atoms with Crippen LogP contribution in [-0.2, 0) is 0 Å². The van der Waals surface area contributed by atoms with Gasteiger partial charge < -0.3 is 9.73 Å². The van der Waals surface area contributed by atoms with Gasteiger partial charge in [0, 0.05) is 16.8 Å². The van der Waals surface area contributed by atoms with E-state index in [4.69, 9.17) is 4.42 Å². The molecular weight excluding hydrogens is 336 g/mol. The molecule has 4 rings (SSSR count). The quantitative estimate of drug-likeness (QED) is 0.514. The number of aryl methyl sites for hydroxylation is 3. The molecule has 0 bridgehead atoms. The summed E-state index contributed by atoms with van der Waals surface area (Å²) in [4.78, 5) is 17.2. The zero-order valence-corrected chi connectivity index (χ0v) is 15.5. The van der Waals surface area contributed by atoms with Crippen LogP contribution in [0, 0.1) is 20.8 Å². The molecule has 134 valence electrons. The lowest BCUT2D eigenvalue weighted by atomic mass is 10.1. The molecule has 1 aromatic heterocycles. The topological polar surface area (TPSA) is 55.1 Å². The van der Waals surface area contributed by atoms with Gasteiger partial charge in [-0.05, 0) is 68.3 Å². The average Bonchev–Trinajstić information content (AvgIpc) is 3.05. The van der Waals surface area contributed by atoms with Gasteiger partial charge in [0.05, 0.1) is 0 Å². The van der Waals surface area contributed by atoms with Gasteiger partial charge in [0.25, 0.3) is 5.91 Å². The van der Waals surface area contributed by atoms with Crippen LogP contribution >= 0.6 is 0 Å². The molecule has 0 spiro atoms. The molecule has 0 atom stereocenters. The predicted molar refractivity (Wildman–Crippen MR) is 108 cm³/mol. The molecule has 4 nitrogen and oxygen atoms in total. The summed E-state index contributed by atoms with van der Waals surface area (Å²) in [6, 6.07) is 19.3. The molecule has 4 heteroatoms. The Labute approximate surface area is 157 Å². The van der Waals surface area contributed by atoms with E-state index in [0.29, 0.717) is 17.1 Å². The Morgan fingerprint density at radius 1 is 0.926 bits per heavy atom. The highest BCUT2D eigenvalue weighted by molar-refractivity contribution is 6.05. The van der Waals surface area contributed by atoms with Crippen LogP contribution in [0.5, 0.6) is 0 Å². The minimum Gasteiger partial charge on any atom is -0.436 e. The van der Waals surface area contributed by atoms with Crippen LogP contribution in [0.25, 0.3) is 22.6 Å². The van der Waals surface area contributed by atoms with Gasteiger partial charge in [-0.1, -0.05) is 29.8 Å². The fraction of sp³-hybridized carbons (Fsp3) is 0.130.